The number of ether oxygens (including phenoxy) is 2. The fourth-order valence-electron chi connectivity index (χ4n) is 2.76. The summed E-state index contributed by atoms with van der Waals surface area (Å²) >= 11 is 0. The Morgan fingerprint density at radius 3 is 2.68 bits per heavy atom. The van der Waals surface area contributed by atoms with Crippen LogP contribution in [0.5, 0.6) is 11.5 Å². The van der Waals surface area contributed by atoms with E-state index in [0.29, 0.717) is 34.7 Å². The Hall–Kier alpha value is -2.80. The van der Waals surface area contributed by atoms with E-state index in [1.165, 1.54) is 0 Å². The highest BCUT2D eigenvalue weighted by atomic mass is 16.5. The maximum Gasteiger partial charge on any atom is 0.293 e. The van der Waals surface area contributed by atoms with Crippen LogP contribution in [0, 0.1) is 0 Å². The zero-order valence-electron chi connectivity index (χ0n) is 13.9. The molecular formula is C18H19N3O4. The van der Waals surface area contributed by atoms with Crippen molar-refractivity contribution in [2.24, 2.45) is 5.73 Å². The molecule has 0 spiro atoms. The van der Waals surface area contributed by atoms with Gasteiger partial charge in [0.2, 0.25) is 0 Å². The number of furan rings is 1. The van der Waals surface area contributed by atoms with E-state index in [1.54, 1.807) is 13.2 Å². The molecule has 25 heavy (non-hydrogen) atoms. The average Bonchev–Trinajstić information content (AvgIpc) is 3.27. The molecule has 2 aromatic heterocycles. The summed E-state index contributed by atoms with van der Waals surface area (Å²) in [5, 5.41) is 3.99. The van der Waals surface area contributed by atoms with Gasteiger partial charge < -0.3 is 24.1 Å². The molecule has 1 aliphatic carbocycles. The summed E-state index contributed by atoms with van der Waals surface area (Å²) in [6.07, 6.45) is 2.84. The van der Waals surface area contributed by atoms with Crippen LogP contribution in [0.25, 0.3) is 11.7 Å². The van der Waals surface area contributed by atoms with Crippen LogP contribution < -0.4 is 15.2 Å². The van der Waals surface area contributed by atoms with Gasteiger partial charge in [-0.1, -0.05) is 17.3 Å². The van der Waals surface area contributed by atoms with Gasteiger partial charge in [0.1, 0.15) is 12.4 Å². The third kappa shape index (κ3) is 2.98. The number of rotatable bonds is 6. The number of nitrogens with two attached hydrogens (primary N) is 1. The van der Waals surface area contributed by atoms with Gasteiger partial charge >= 0.3 is 0 Å². The Labute approximate surface area is 144 Å². The van der Waals surface area contributed by atoms with Crippen molar-refractivity contribution >= 4 is 0 Å². The van der Waals surface area contributed by atoms with Crippen LogP contribution in [0.3, 0.4) is 0 Å². The van der Waals surface area contributed by atoms with E-state index in [9.17, 15) is 0 Å². The third-order valence-corrected chi connectivity index (χ3v) is 4.43. The number of hydrogen-bond donors (Lipinski definition) is 1. The molecule has 0 saturated heterocycles. The second-order valence-corrected chi connectivity index (χ2v) is 6.14. The summed E-state index contributed by atoms with van der Waals surface area (Å²) in [4.78, 5) is 4.38. The normalized spacial score (nSPS) is 15.6. The van der Waals surface area contributed by atoms with Gasteiger partial charge in [-0.2, -0.15) is 4.98 Å². The van der Waals surface area contributed by atoms with E-state index in [0.717, 1.165) is 19.3 Å². The van der Waals surface area contributed by atoms with Crippen molar-refractivity contribution in [3.8, 4) is 23.1 Å². The van der Waals surface area contributed by atoms with Gasteiger partial charge in [0.25, 0.3) is 5.89 Å². The first-order valence-electron chi connectivity index (χ1n) is 8.16. The lowest BCUT2D eigenvalue weighted by molar-refractivity contribution is 0.229. The molecule has 0 radical (unpaired) electrons. The maximum atomic E-state index is 6.21. The number of nitrogens with zero attached hydrogens (tertiary/aromatic N) is 2. The van der Waals surface area contributed by atoms with Crippen molar-refractivity contribution in [2.75, 3.05) is 7.11 Å². The second-order valence-electron chi connectivity index (χ2n) is 6.14. The monoisotopic (exact) mass is 341 g/mol. The van der Waals surface area contributed by atoms with Crippen LogP contribution in [-0.2, 0) is 12.1 Å². The van der Waals surface area contributed by atoms with Gasteiger partial charge in [0, 0.05) is 0 Å². The minimum absolute atomic E-state index is 0.266. The zero-order chi connectivity index (χ0) is 17.3. The summed E-state index contributed by atoms with van der Waals surface area (Å²) in [5.74, 6) is 3.34. The van der Waals surface area contributed by atoms with Crippen LogP contribution >= 0.6 is 0 Å². The quantitative estimate of drug-likeness (QED) is 0.735. The van der Waals surface area contributed by atoms with E-state index in [1.807, 2.05) is 30.3 Å². The minimum atomic E-state index is -0.454. The zero-order valence-corrected chi connectivity index (χ0v) is 13.9. The molecule has 130 valence electrons. The van der Waals surface area contributed by atoms with Crippen molar-refractivity contribution < 1.29 is 18.4 Å². The first-order valence-corrected chi connectivity index (χ1v) is 8.16. The standard InChI is InChI=1S/C18H19N3O4/c1-22-13-5-2-3-6-14(13)23-11-12-7-8-15(24-12)16-20-17(21-25-16)18(19)9-4-10-18/h2-3,5-8H,4,9-11,19H2,1H3. The summed E-state index contributed by atoms with van der Waals surface area (Å²) < 4.78 is 22.0. The highest BCUT2D eigenvalue weighted by Crippen LogP contribution is 2.37. The fraction of sp³-hybridized carbons (Fsp3) is 0.333. The predicted molar refractivity (Wildman–Crippen MR) is 89.0 cm³/mol. The molecular weight excluding hydrogens is 322 g/mol. The molecule has 1 aromatic carbocycles. The molecule has 0 atom stereocenters. The molecule has 0 amide bonds. The van der Waals surface area contributed by atoms with E-state index in [-0.39, 0.29) is 6.61 Å². The van der Waals surface area contributed by atoms with E-state index < -0.39 is 5.54 Å². The van der Waals surface area contributed by atoms with E-state index in [2.05, 4.69) is 10.1 Å². The van der Waals surface area contributed by atoms with Gasteiger partial charge in [-0.05, 0) is 43.5 Å². The minimum Gasteiger partial charge on any atom is -0.493 e. The van der Waals surface area contributed by atoms with Crippen LogP contribution in [0.15, 0.2) is 45.3 Å². The first-order chi connectivity index (χ1) is 12.2. The fourth-order valence-corrected chi connectivity index (χ4v) is 2.76. The molecule has 0 unspecified atom stereocenters. The number of hydrogen-bond acceptors (Lipinski definition) is 7. The van der Waals surface area contributed by atoms with Crippen molar-refractivity contribution in [2.45, 2.75) is 31.4 Å². The molecule has 2 heterocycles. The molecule has 7 nitrogen and oxygen atoms in total. The lowest BCUT2D eigenvalue weighted by atomic mass is 9.77. The van der Waals surface area contributed by atoms with Gasteiger partial charge in [0.05, 0.1) is 12.6 Å². The van der Waals surface area contributed by atoms with Crippen LogP contribution in [-0.4, -0.2) is 17.3 Å². The topological polar surface area (TPSA) is 96.5 Å². The summed E-state index contributed by atoms with van der Waals surface area (Å²) in [6.45, 7) is 0.266. The van der Waals surface area contributed by atoms with E-state index in [4.69, 9.17) is 24.1 Å². The molecule has 2 N–H and O–H groups in total. The SMILES string of the molecule is COc1ccccc1OCc1ccc(-c2nc(C3(N)CCC3)no2)o1. The number of aromatic nitrogens is 2. The Bertz CT molecular complexity index is 867. The van der Waals surface area contributed by atoms with Crippen LogP contribution in [0.4, 0.5) is 0 Å². The number of benzene rings is 1. The molecule has 1 fully saturated rings. The van der Waals surface area contributed by atoms with Gasteiger partial charge in [-0.25, -0.2) is 0 Å². The largest absolute Gasteiger partial charge is 0.493 e. The molecule has 1 saturated carbocycles. The van der Waals surface area contributed by atoms with Gasteiger partial charge in [0.15, 0.2) is 23.1 Å². The lowest BCUT2D eigenvalue weighted by Crippen LogP contribution is -2.44. The van der Waals surface area contributed by atoms with Gasteiger partial charge in [-0.3, -0.25) is 0 Å². The predicted octanol–water partition coefficient (Wildman–Crippen LogP) is 3.26. The van der Waals surface area contributed by atoms with Crippen molar-refractivity contribution in [3.05, 3.63) is 48.0 Å². The molecule has 0 bridgehead atoms. The Balaban J connectivity index is 1.45. The van der Waals surface area contributed by atoms with Crippen molar-refractivity contribution in [1.82, 2.24) is 10.1 Å². The van der Waals surface area contributed by atoms with Gasteiger partial charge in [-0.15, -0.1) is 0 Å². The Kier molecular flexibility index (Phi) is 3.93. The second kappa shape index (κ2) is 6.25. The van der Waals surface area contributed by atoms with E-state index >= 15 is 0 Å². The number of para-hydroxylation sites is 2. The van der Waals surface area contributed by atoms with Crippen molar-refractivity contribution in [3.63, 3.8) is 0 Å². The highest BCUT2D eigenvalue weighted by molar-refractivity contribution is 5.45. The first kappa shape index (κ1) is 15.7. The van der Waals surface area contributed by atoms with Crippen LogP contribution in [0.1, 0.15) is 30.8 Å². The molecule has 1 aliphatic rings. The van der Waals surface area contributed by atoms with Crippen molar-refractivity contribution in [1.29, 1.82) is 0 Å². The number of methoxy groups -OCH3 is 1. The Morgan fingerprint density at radius 2 is 1.96 bits per heavy atom. The maximum absolute atomic E-state index is 6.21. The molecule has 4 rings (SSSR count). The summed E-state index contributed by atoms with van der Waals surface area (Å²) in [7, 11) is 1.60. The van der Waals surface area contributed by atoms with Crippen LogP contribution in [0.2, 0.25) is 0 Å². The lowest BCUT2D eigenvalue weighted by Gasteiger charge is -2.34. The molecule has 0 aliphatic heterocycles. The third-order valence-electron chi connectivity index (χ3n) is 4.43. The molecule has 7 heteroatoms. The Morgan fingerprint density at radius 1 is 1.16 bits per heavy atom. The highest BCUT2D eigenvalue weighted by Gasteiger charge is 2.39. The smallest absolute Gasteiger partial charge is 0.293 e. The summed E-state index contributed by atoms with van der Waals surface area (Å²) in [5.41, 5.74) is 5.76. The summed E-state index contributed by atoms with van der Waals surface area (Å²) in [6, 6.07) is 11.0. The molecule has 3 aromatic rings. The average molecular weight is 341 g/mol.